The molecule has 0 spiro atoms. The molecule has 1 unspecified atom stereocenters. The number of fused-ring (bicyclic) bond motifs is 1. The van der Waals surface area contributed by atoms with Gasteiger partial charge in [-0.25, -0.2) is 4.98 Å². The number of hydrogen-bond donors (Lipinski definition) is 1. The molecule has 0 aromatic carbocycles. The van der Waals surface area contributed by atoms with Crippen molar-refractivity contribution >= 4 is 11.7 Å². The lowest BCUT2D eigenvalue weighted by atomic mass is 9.90. The largest absolute Gasteiger partial charge is 0.315 e. The van der Waals surface area contributed by atoms with Gasteiger partial charge >= 0.3 is 0 Å². The number of piperidine rings is 1. The van der Waals surface area contributed by atoms with Gasteiger partial charge in [-0.15, -0.1) is 0 Å². The zero-order valence-corrected chi connectivity index (χ0v) is 14.7. The molecule has 1 aromatic rings. The summed E-state index contributed by atoms with van der Waals surface area (Å²) in [7, 11) is 0. The summed E-state index contributed by atoms with van der Waals surface area (Å²) >= 11 is 0. The maximum absolute atomic E-state index is 12.8. The molecule has 1 aliphatic carbocycles. The van der Waals surface area contributed by atoms with E-state index in [9.17, 15) is 4.79 Å². The maximum Gasteiger partial charge on any atom is 0.229 e. The number of rotatable bonds is 3. The van der Waals surface area contributed by atoms with Crippen molar-refractivity contribution in [1.29, 1.82) is 0 Å². The van der Waals surface area contributed by atoms with E-state index in [1.165, 1.54) is 51.5 Å². The Morgan fingerprint density at radius 3 is 2.79 bits per heavy atom. The van der Waals surface area contributed by atoms with Crippen LogP contribution >= 0.6 is 0 Å². The van der Waals surface area contributed by atoms with Gasteiger partial charge in [0.05, 0.1) is 12.1 Å². The maximum atomic E-state index is 12.8. The van der Waals surface area contributed by atoms with E-state index in [0.717, 1.165) is 50.0 Å². The Morgan fingerprint density at radius 1 is 1.04 bits per heavy atom. The molecule has 2 fully saturated rings. The van der Waals surface area contributed by atoms with Crippen LogP contribution in [0.5, 0.6) is 0 Å². The monoisotopic (exact) mass is 330 g/mol. The fourth-order valence-corrected chi connectivity index (χ4v) is 4.74. The van der Waals surface area contributed by atoms with Crippen molar-refractivity contribution in [3.05, 3.63) is 12.0 Å². The highest BCUT2D eigenvalue weighted by Gasteiger charge is 2.31. The molecule has 1 saturated carbocycles. The fourth-order valence-electron chi connectivity index (χ4n) is 4.74. The molecular weight excluding hydrogens is 300 g/mol. The number of anilines is 1. The molecule has 0 radical (unpaired) electrons. The fraction of sp³-hybridized carbons (Fsp3) is 0.789. The van der Waals surface area contributed by atoms with Crippen molar-refractivity contribution in [3.63, 3.8) is 0 Å². The number of likely N-dealkylation sites (tertiary alicyclic amines) is 1. The van der Waals surface area contributed by atoms with Gasteiger partial charge in [-0.2, -0.15) is 0 Å². The first-order chi connectivity index (χ1) is 11.8. The van der Waals surface area contributed by atoms with Crippen LogP contribution in [0.4, 0.5) is 5.82 Å². The minimum Gasteiger partial charge on any atom is -0.315 e. The summed E-state index contributed by atoms with van der Waals surface area (Å²) in [6, 6.07) is 0.720. The smallest absolute Gasteiger partial charge is 0.229 e. The number of nitrogens with one attached hydrogen (secondary N) is 1. The second-order valence-electron chi connectivity index (χ2n) is 7.78. The first kappa shape index (κ1) is 16.1. The van der Waals surface area contributed by atoms with E-state index in [0.29, 0.717) is 0 Å². The highest BCUT2D eigenvalue weighted by atomic mass is 16.2. The van der Waals surface area contributed by atoms with Crippen LogP contribution in [0.1, 0.15) is 63.6 Å². The molecule has 1 amide bonds. The molecule has 4 rings (SSSR count). The van der Waals surface area contributed by atoms with Gasteiger partial charge < -0.3 is 9.88 Å². The molecule has 0 bridgehead atoms. The number of aryl methyl sites for hydroxylation is 1. The van der Waals surface area contributed by atoms with Gasteiger partial charge in [-0.1, -0.05) is 19.3 Å². The number of amides is 1. The van der Waals surface area contributed by atoms with E-state index in [1.807, 2.05) is 6.20 Å². The summed E-state index contributed by atoms with van der Waals surface area (Å²) in [5.41, 5.74) is 0. The average molecular weight is 330 g/mol. The number of nitrogens with zero attached hydrogens (tertiary/aromatic N) is 3. The first-order valence-corrected chi connectivity index (χ1v) is 9.90. The second-order valence-corrected chi connectivity index (χ2v) is 7.78. The van der Waals surface area contributed by atoms with Crippen LogP contribution in [-0.2, 0) is 17.8 Å². The van der Waals surface area contributed by atoms with E-state index >= 15 is 0 Å². The lowest BCUT2D eigenvalue weighted by molar-refractivity contribution is -0.122. The SMILES string of the molecule is O=C(Nc1cnc2n1CCCC2)C1CCCN(C2CCCCC2)C1. The normalized spacial score (nSPS) is 26.1. The molecule has 5 nitrogen and oxygen atoms in total. The third-order valence-corrected chi connectivity index (χ3v) is 6.14. The Balaban J connectivity index is 1.38. The summed E-state index contributed by atoms with van der Waals surface area (Å²) < 4.78 is 2.20. The van der Waals surface area contributed by atoms with Gasteiger partial charge in [0.15, 0.2) is 0 Å². The highest BCUT2D eigenvalue weighted by Crippen LogP contribution is 2.28. The van der Waals surface area contributed by atoms with Crippen molar-refractivity contribution in [2.24, 2.45) is 5.92 Å². The molecule has 24 heavy (non-hydrogen) atoms. The lowest BCUT2D eigenvalue weighted by Gasteiger charge is -2.39. The quantitative estimate of drug-likeness (QED) is 0.926. The number of imidazole rings is 1. The average Bonchev–Trinajstić information content (AvgIpc) is 3.06. The Bertz CT molecular complexity index is 576. The molecule has 132 valence electrons. The van der Waals surface area contributed by atoms with Crippen molar-refractivity contribution in [1.82, 2.24) is 14.5 Å². The Morgan fingerprint density at radius 2 is 1.92 bits per heavy atom. The van der Waals surface area contributed by atoms with Crippen LogP contribution in [0.3, 0.4) is 0 Å². The van der Waals surface area contributed by atoms with E-state index in [2.05, 4.69) is 19.8 Å². The van der Waals surface area contributed by atoms with Crippen molar-refractivity contribution in [2.75, 3.05) is 18.4 Å². The number of carbonyl (C=O) groups is 1. The minimum absolute atomic E-state index is 0.135. The predicted octanol–water partition coefficient (Wildman–Crippen LogP) is 3.20. The molecule has 1 N–H and O–H groups in total. The standard InChI is InChI=1S/C19H30N4O/c24-19(21-18-13-20-17-10-4-5-12-23(17)18)15-7-6-11-22(14-15)16-8-2-1-3-9-16/h13,15-16H,1-12,14H2,(H,21,24). The third kappa shape index (κ3) is 3.37. The van der Waals surface area contributed by atoms with Gasteiger partial charge in [0.25, 0.3) is 0 Å². The Kier molecular flexibility index (Phi) is 4.88. The highest BCUT2D eigenvalue weighted by molar-refractivity contribution is 5.92. The Labute approximate surface area is 144 Å². The molecule has 1 atom stereocenters. The van der Waals surface area contributed by atoms with Crippen LogP contribution in [0.25, 0.3) is 0 Å². The number of carbonyl (C=O) groups excluding carboxylic acids is 1. The van der Waals surface area contributed by atoms with Crippen LogP contribution < -0.4 is 5.32 Å². The zero-order chi connectivity index (χ0) is 16.4. The minimum atomic E-state index is 0.135. The molecule has 3 heterocycles. The van der Waals surface area contributed by atoms with Gasteiger partial charge in [0.1, 0.15) is 11.6 Å². The van der Waals surface area contributed by atoms with E-state index < -0.39 is 0 Å². The predicted molar refractivity (Wildman–Crippen MR) is 95.0 cm³/mol. The molecule has 1 saturated heterocycles. The number of aromatic nitrogens is 2. The van der Waals surface area contributed by atoms with Crippen molar-refractivity contribution < 1.29 is 4.79 Å². The van der Waals surface area contributed by atoms with Crippen molar-refractivity contribution in [2.45, 2.75) is 76.8 Å². The number of hydrogen-bond acceptors (Lipinski definition) is 3. The zero-order valence-electron chi connectivity index (χ0n) is 14.7. The molecule has 3 aliphatic rings. The second kappa shape index (κ2) is 7.26. The summed E-state index contributed by atoms with van der Waals surface area (Å²) in [4.78, 5) is 19.9. The topological polar surface area (TPSA) is 50.2 Å². The summed E-state index contributed by atoms with van der Waals surface area (Å²) in [6.45, 7) is 3.11. The summed E-state index contributed by atoms with van der Waals surface area (Å²) in [6.07, 6.45) is 14.2. The van der Waals surface area contributed by atoms with Crippen LogP contribution in [-0.4, -0.2) is 39.5 Å². The van der Waals surface area contributed by atoms with Gasteiger partial charge in [0, 0.05) is 25.6 Å². The summed E-state index contributed by atoms with van der Waals surface area (Å²) in [5.74, 6) is 2.37. The third-order valence-electron chi connectivity index (χ3n) is 6.14. The lowest BCUT2D eigenvalue weighted by Crippen LogP contribution is -2.46. The Hall–Kier alpha value is -1.36. The van der Waals surface area contributed by atoms with Crippen LogP contribution in [0.15, 0.2) is 6.20 Å². The van der Waals surface area contributed by atoms with Gasteiger partial charge in [-0.3, -0.25) is 9.69 Å². The molecular formula is C19H30N4O. The van der Waals surface area contributed by atoms with Gasteiger partial charge in [0.2, 0.25) is 5.91 Å². The molecule has 1 aromatic heterocycles. The van der Waals surface area contributed by atoms with E-state index in [4.69, 9.17) is 0 Å². The molecule has 2 aliphatic heterocycles. The molecule has 5 heteroatoms. The van der Waals surface area contributed by atoms with Crippen LogP contribution in [0.2, 0.25) is 0 Å². The van der Waals surface area contributed by atoms with Crippen molar-refractivity contribution in [3.8, 4) is 0 Å². The van der Waals surface area contributed by atoms with E-state index in [1.54, 1.807) is 0 Å². The summed E-state index contributed by atoms with van der Waals surface area (Å²) in [5, 5.41) is 3.18. The van der Waals surface area contributed by atoms with Crippen LogP contribution in [0, 0.1) is 5.92 Å². The van der Waals surface area contributed by atoms with E-state index in [-0.39, 0.29) is 11.8 Å². The first-order valence-electron chi connectivity index (χ1n) is 9.90. The van der Waals surface area contributed by atoms with Gasteiger partial charge in [-0.05, 0) is 45.1 Å².